The van der Waals surface area contributed by atoms with Crippen LogP contribution in [0, 0.1) is 0 Å². The molecule has 0 aliphatic carbocycles. The molecule has 7 heteroatoms. The molecule has 0 unspecified atom stereocenters. The number of hydrogen-bond acceptors (Lipinski definition) is 2. The molecular weight excluding hydrogens is 508 g/mol. The van der Waals surface area contributed by atoms with Crippen molar-refractivity contribution in [2.75, 3.05) is 0 Å². The second-order valence-corrected chi connectivity index (χ2v) is 11.1. The third-order valence-electron chi connectivity index (χ3n) is 7.86. The Morgan fingerprint density at radius 2 is 0.946 bits per heavy atom. The van der Waals surface area contributed by atoms with Gasteiger partial charge in [-0.3, -0.25) is 0 Å². The van der Waals surface area contributed by atoms with Crippen LogP contribution in [-0.4, -0.2) is 19.1 Å². The fourth-order valence-corrected chi connectivity index (χ4v) is 6.12. The molecule has 5 heterocycles. The van der Waals surface area contributed by atoms with Crippen LogP contribution in [0.15, 0.2) is 60.9 Å². The normalized spacial score (nSPS) is 15.5. The third kappa shape index (κ3) is 3.11. The minimum absolute atomic E-state index is 0. The zero-order valence-corrected chi connectivity index (χ0v) is 22.7. The number of nitrogens with zero attached hydrogens (tertiary/aromatic N) is 6. The molecule has 7 rings (SSSR count). The van der Waals surface area contributed by atoms with Gasteiger partial charge in [0.2, 0.25) is 0 Å². The summed E-state index contributed by atoms with van der Waals surface area (Å²) in [5, 5.41) is 4.53. The van der Waals surface area contributed by atoms with E-state index in [1.807, 2.05) is 0 Å². The van der Waals surface area contributed by atoms with Gasteiger partial charge in [0.1, 0.15) is 23.0 Å². The largest absolute Gasteiger partial charge is 2.00 e. The van der Waals surface area contributed by atoms with Crippen molar-refractivity contribution in [2.45, 2.75) is 38.5 Å². The van der Waals surface area contributed by atoms with Gasteiger partial charge in [0.25, 0.3) is 0 Å². The molecule has 6 aromatic rings. The van der Waals surface area contributed by atoms with Crippen molar-refractivity contribution in [1.29, 1.82) is 0 Å². The van der Waals surface area contributed by atoms with Gasteiger partial charge in [-0.05, 0) is 21.5 Å². The van der Waals surface area contributed by atoms with Crippen LogP contribution < -0.4 is 9.97 Å². The maximum atomic E-state index is 5.34. The molecule has 4 aromatic heterocycles. The number of imidazole rings is 2. The molecule has 189 valence electrons. The number of hydrogen-bond donors (Lipinski definition) is 0. The molecule has 0 N–H and O–H groups in total. The summed E-state index contributed by atoms with van der Waals surface area (Å²) in [6, 6.07) is 17.0. The Balaban J connectivity index is 0.00000252. The van der Waals surface area contributed by atoms with E-state index >= 15 is 0 Å². The topological polar surface area (TPSA) is 63.8 Å². The van der Waals surface area contributed by atoms with Gasteiger partial charge in [0, 0.05) is 37.3 Å². The van der Waals surface area contributed by atoms with E-state index in [1.165, 1.54) is 0 Å². The van der Waals surface area contributed by atoms with Crippen LogP contribution in [0.25, 0.3) is 44.3 Å². The van der Waals surface area contributed by atoms with Gasteiger partial charge < -0.3 is 19.1 Å². The molecule has 1 aliphatic heterocycles. The Labute approximate surface area is 226 Å². The molecule has 0 amide bonds. The predicted molar refractivity (Wildman–Crippen MR) is 143 cm³/mol. The maximum absolute atomic E-state index is 5.34. The monoisotopic (exact) mass is 535 g/mol. The van der Waals surface area contributed by atoms with Crippen LogP contribution in [0.1, 0.15) is 50.7 Å². The van der Waals surface area contributed by atoms with Crippen molar-refractivity contribution in [3.8, 4) is 22.8 Å². The summed E-state index contributed by atoms with van der Waals surface area (Å²) >= 11 is 0. The van der Waals surface area contributed by atoms with E-state index in [-0.39, 0.29) is 17.1 Å². The summed E-state index contributed by atoms with van der Waals surface area (Å²) in [6.45, 7) is 8.83. The standard InChI is InChI=1S/C30H28N6.Cu/c1-29(2)25-19-13-9-7-11-17(19)23(33-25)24-18-12-8-10-14-20(18)26(34-24)30(3,4)28-32-22(16-36(28)6)21-15-35(5)27(29)31-21;/h7-16H,1-6H3;/q-2;+2. The number of rotatable bonds is 0. The molecule has 0 spiro atoms. The summed E-state index contributed by atoms with van der Waals surface area (Å²) in [7, 11) is 4.12. The van der Waals surface area contributed by atoms with E-state index in [4.69, 9.17) is 19.9 Å². The van der Waals surface area contributed by atoms with Crippen molar-refractivity contribution in [3.05, 3.63) is 84.0 Å². The summed E-state index contributed by atoms with van der Waals surface area (Å²) in [6.07, 6.45) is 4.16. The Morgan fingerprint density at radius 1 is 0.595 bits per heavy atom. The summed E-state index contributed by atoms with van der Waals surface area (Å²) in [4.78, 5) is 20.9. The number of aromatic nitrogens is 6. The second kappa shape index (κ2) is 7.73. The quantitative estimate of drug-likeness (QED) is 0.235. The average Bonchev–Trinajstić information content (AvgIpc) is 3.61. The summed E-state index contributed by atoms with van der Waals surface area (Å²) < 4.78 is 4.23. The Bertz CT molecular complexity index is 1690. The van der Waals surface area contributed by atoms with E-state index in [2.05, 4.69) is 112 Å². The molecule has 0 fully saturated rings. The second-order valence-electron chi connectivity index (χ2n) is 11.1. The van der Waals surface area contributed by atoms with Gasteiger partial charge in [-0.1, -0.05) is 76.2 Å². The smallest absolute Gasteiger partial charge is 0.660 e. The van der Waals surface area contributed by atoms with Gasteiger partial charge in [0.15, 0.2) is 0 Å². The molecule has 8 bridgehead atoms. The van der Waals surface area contributed by atoms with Gasteiger partial charge >= 0.3 is 17.1 Å². The summed E-state index contributed by atoms with van der Waals surface area (Å²) in [5.41, 5.74) is 4.76. The predicted octanol–water partition coefficient (Wildman–Crippen LogP) is 5.67. The van der Waals surface area contributed by atoms with E-state index in [0.29, 0.717) is 0 Å². The van der Waals surface area contributed by atoms with Crippen molar-refractivity contribution >= 4 is 21.5 Å². The first kappa shape index (κ1) is 23.8. The Morgan fingerprint density at radius 3 is 1.32 bits per heavy atom. The first-order chi connectivity index (χ1) is 17.2. The molecule has 0 saturated heterocycles. The van der Waals surface area contributed by atoms with Crippen molar-refractivity contribution < 1.29 is 17.1 Å². The van der Waals surface area contributed by atoms with Crippen molar-refractivity contribution in [3.63, 3.8) is 0 Å². The van der Waals surface area contributed by atoms with Crippen LogP contribution in [0.5, 0.6) is 0 Å². The van der Waals surface area contributed by atoms with Crippen LogP contribution in [0.4, 0.5) is 0 Å². The first-order valence-corrected chi connectivity index (χ1v) is 12.4. The van der Waals surface area contributed by atoms with Crippen molar-refractivity contribution in [1.82, 2.24) is 29.1 Å². The van der Waals surface area contributed by atoms with Gasteiger partial charge in [-0.15, -0.1) is 22.8 Å². The zero-order chi connectivity index (χ0) is 25.0. The fourth-order valence-electron chi connectivity index (χ4n) is 6.12. The number of aryl methyl sites for hydroxylation is 2. The molecule has 37 heavy (non-hydrogen) atoms. The molecule has 2 aromatic carbocycles. The Kier molecular flexibility index (Phi) is 4.98. The van der Waals surface area contributed by atoms with Crippen molar-refractivity contribution in [2.24, 2.45) is 14.1 Å². The van der Waals surface area contributed by atoms with Crippen LogP contribution in [-0.2, 0) is 42.0 Å². The zero-order valence-electron chi connectivity index (χ0n) is 21.8. The minimum atomic E-state index is -0.433. The molecule has 1 radical (unpaired) electrons. The molecule has 0 atom stereocenters. The summed E-state index contributed by atoms with van der Waals surface area (Å²) in [5.74, 6) is 1.91. The number of benzene rings is 2. The average molecular weight is 536 g/mol. The Hall–Kier alpha value is -3.54. The van der Waals surface area contributed by atoms with Crippen LogP contribution >= 0.6 is 0 Å². The van der Waals surface area contributed by atoms with Gasteiger partial charge in [-0.25, -0.2) is 9.97 Å². The van der Waals surface area contributed by atoms with Crippen LogP contribution in [0.3, 0.4) is 0 Å². The first-order valence-electron chi connectivity index (χ1n) is 12.4. The van der Waals surface area contributed by atoms with Crippen LogP contribution in [0.2, 0.25) is 0 Å². The van der Waals surface area contributed by atoms with E-state index in [1.54, 1.807) is 0 Å². The van der Waals surface area contributed by atoms with Gasteiger partial charge in [-0.2, -0.15) is 0 Å². The molecular formula is C30H28CuN6. The van der Waals surface area contributed by atoms with E-state index < -0.39 is 10.8 Å². The molecule has 6 nitrogen and oxygen atoms in total. The molecule has 0 saturated carbocycles. The fraction of sp³-hybridized carbons (Fsp3) is 0.267. The minimum Gasteiger partial charge on any atom is -0.660 e. The SMILES string of the molecule is Cn1cc2nc1C(C)(C)c1[n-]c(c3ccccc13)-c1[n-]c(c3ccccc13)C(C)(C)c1nc-2cn1C.[Cu+2]. The van der Waals surface area contributed by atoms with E-state index in [9.17, 15) is 0 Å². The van der Waals surface area contributed by atoms with E-state index in [0.717, 1.165) is 67.4 Å². The van der Waals surface area contributed by atoms with Gasteiger partial charge in [0.05, 0.1) is 0 Å². The third-order valence-corrected chi connectivity index (χ3v) is 7.86. The maximum Gasteiger partial charge on any atom is 2.00 e. The number of fused-ring (bicyclic) bond motifs is 16. The molecule has 1 aliphatic rings.